The maximum atomic E-state index is 9.19. The highest BCUT2D eigenvalue weighted by Crippen LogP contribution is 2.38. The molecule has 0 heterocycles. The summed E-state index contributed by atoms with van der Waals surface area (Å²) in [5.41, 5.74) is 6.52. The van der Waals surface area contributed by atoms with Gasteiger partial charge in [0.25, 0.3) is 0 Å². The van der Waals surface area contributed by atoms with Crippen LogP contribution in [0.15, 0.2) is 18.2 Å². The van der Waals surface area contributed by atoms with E-state index < -0.39 is 0 Å². The number of nitriles is 1. The van der Waals surface area contributed by atoms with Gasteiger partial charge in [-0.1, -0.05) is 25.3 Å². The van der Waals surface area contributed by atoms with Gasteiger partial charge in [0.2, 0.25) is 0 Å². The van der Waals surface area contributed by atoms with E-state index in [1.807, 2.05) is 6.07 Å². The van der Waals surface area contributed by atoms with Crippen LogP contribution in [0, 0.1) is 16.7 Å². The topological polar surface area (TPSA) is 68.3 Å². The van der Waals surface area contributed by atoms with Crippen LogP contribution in [-0.2, 0) is 0 Å². The Balaban J connectivity index is 2.15. The second-order valence-corrected chi connectivity index (χ2v) is 5.50. The van der Waals surface area contributed by atoms with E-state index in [-0.39, 0.29) is 5.41 Å². The number of nitrogens with zero attached hydrogens (tertiary/aromatic N) is 1. The smallest absolute Gasteiger partial charge is 0.178 e. The van der Waals surface area contributed by atoms with Crippen molar-refractivity contribution < 1.29 is 9.47 Å². The lowest BCUT2D eigenvalue weighted by Gasteiger charge is -2.36. The van der Waals surface area contributed by atoms with Crippen molar-refractivity contribution in [3.63, 3.8) is 0 Å². The Morgan fingerprint density at radius 3 is 2.65 bits per heavy atom. The van der Waals surface area contributed by atoms with E-state index in [2.05, 4.69) is 6.07 Å². The van der Waals surface area contributed by atoms with E-state index in [1.165, 1.54) is 19.3 Å². The standard InChI is InChI=1S/C16H22N2O2/c1-19-14-7-5-6-13(10-17)15(14)20-12-16(11-18)8-3-2-4-9-16/h5-7H,2-4,8-9,11-12,18H2,1H3. The van der Waals surface area contributed by atoms with Gasteiger partial charge in [-0.05, 0) is 25.0 Å². The van der Waals surface area contributed by atoms with Crippen LogP contribution in [0.25, 0.3) is 0 Å². The molecule has 1 aliphatic carbocycles. The molecule has 0 aromatic heterocycles. The molecule has 108 valence electrons. The largest absolute Gasteiger partial charge is 0.493 e. The van der Waals surface area contributed by atoms with Gasteiger partial charge in [-0.3, -0.25) is 0 Å². The van der Waals surface area contributed by atoms with Gasteiger partial charge in [0.05, 0.1) is 19.3 Å². The third kappa shape index (κ3) is 3.05. The summed E-state index contributed by atoms with van der Waals surface area (Å²) in [5, 5.41) is 9.19. The lowest BCUT2D eigenvalue weighted by molar-refractivity contribution is 0.103. The zero-order chi connectivity index (χ0) is 14.4. The first kappa shape index (κ1) is 14.7. The second-order valence-electron chi connectivity index (χ2n) is 5.50. The normalized spacial score (nSPS) is 17.2. The molecule has 4 heteroatoms. The van der Waals surface area contributed by atoms with Crippen molar-refractivity contribution in [3.8, 4) is 17.6 Å². The van der Waals surface area contributed by atoms with Gasteiger partial charge in [0, 0.05) is 12.0 Å². The fraction of sp³-hybridized carbons (Fsp3) is 0.562. The first-order chi connectivity index (χ1) is 9.74. The van der Waals surface area contributed by atoms with Gasteiger partial charge in [-0.2, -0.15) is 5.26 Å². The van der Waals surface area contributed by atoms with Crippen molar-refractivity contribution in [3.05, 3.63) is 23.8 Å². The number of hydrogen-bond acceptors (Lipinski definition) is 4. The summed E-state index contributed by atoms with van der Waals surface area (Å²) >= 11 is 0. The van der Waals surface area contributed by atoms with Crippen molar-refractivity contribution in [2.75, 3.05) is 20.3 Å². The Morgan fingerprint density at radius 1 is 1.30 bits per heavy atom. The molecule has 4 nitrogen and oxygen atoms in total. The maximum absolute atomic E-state index is 9.19. The van der Waals surface area contributed by atoms with Crippen molar-refractivity contribution in [1.82, 2.24) is 0 Å². The molecule has 2 rings (SSSR count). The van der Waals surface area contributed by atoms with E-state index in [9.17, 15) is 5.26 Å². The van der Waals surface area contributed by atoms with Crippen LogP contribution >= 0.6 is 0 Å². The molecule has 0 radical (unpaired) electrons. The molecule has 1 aromatic carbocycles. The van der Waals surface area contributed by atoms with Crippen LogP contribution in [0.1, 0.15) is 37.7 Å². The Hall–Kier alpha value is -1.73. The lowest BCUT2D eigenvalue weighted by Crippen LogP contribution is -2.38. The number of benzene rings is 1. The van der Waals surface area contributed by atoms with E-state index in [1.54, 1.807) is 19.2 Å². The van der Waals surface area contributed by atoms with Crippen LogP contribution in [-0.4, -0.2) is 20.3 Å². The van der Waals surface area contributed by atoms with Crippen LogP contribution in [0.4, 0.5) is 0 Å². The number of nitrogens with two attached hydrogens (primary N) is 1. The first-order valence-corrected chi connectivity index (χ1v) is 7.15. The number of hydrogen-bond donors (Lipinski definition) is 1. The summed E-state index contributed by atoms with van der Waals surface area (Å²) in [7, 11) is 1.59. The van der Waals surface area contributed by atoms with E-state index in [0.29, 0.717) is 30.2 Å². The van der Waals surface area contributed by atoms with Gasteiger partial charge < -0.3 is 15.2 Å². The molecule has 0 atom stereocenters. The Bertz CT molecular complexity index is 488. The second kappa shape index (κ2) is 6.62. The number of methoxy groups -OCH3 is 1. The predicted octanol–water partition coefficient (Wildman–Crippen LogP) is 2.85. The predicted molar refractivity (Wildman–Crippen MR) is 77.8 cm³/mol. The zero-order valence-corrected chi connectivity index (χ0v) is 12.0. The molecule has 2 N–H and O–H groups in total. The number of para-hydroxylation sites is 1. The summed E-state index contributed by atoms with van der Waals surface area (Å²) in [6, 6.07) is 7.50. The maximum Gasteiger partial charge on any atom is 0.178 e. The zero-order valence-electron chi connectivity index (χ0n) is 12.0. The Labute approximate surface area is 120 Å². The fourth-order valence-electron chi connectivity index (χ4n) is 2.85. The summed E-state index contributed by atoms with van der Waals surface area (Å²) in [5.74, 6) is 1.14. The van der Waals surface area contributed by atoms with Crippen LogP contribution in [0.2, 0.25) is 0 Å². The minimum Gasteiger partial charge on any atom is -0.493 e. The number of ether oxygens (including phenoxy) is 2. The van der Waals surface area contributed by atoms with Crippen LogP contribution in [0.5, 0.6) is 11.5 Å². The van der Waals surface area contributed by atoms with Crippen molar-refractivity contribution in [1.29, 1.82) is 5.26 Å². The van der Waals surface area contributed by atoms with Crippen LogP contribution < -0.4 is 15.2 Å². The average Bonchev–Trinajstić information content (AvgIpc) is 2.53. The molecule has 0 aliphatic heterocycles. The fourth-order valence-corrected chi connectivity index (χ4v) is 2.85. The molecule has 1 saturated carbocycles. The molecule has 0 bridgehead atoms. The molecule has 1 aliphatic rings. The minimum atomic E-state index is 0.0474. The molecule has 0 spiro atoms. The molecular weight excluding hydrogens is 252 g/mol. The highest BCUT2D eigenvalue weighted by Gasteiger charge is 2.32. The van der Waals surface area contributed by atoms with E-state index >= 15 is 0 Å². The Morgan fingerprint density at radius 2 is 2.05 bits per heavy atom. The van der Waals surface area contributed by atoms with Crippen molar-refractivity contribution in [2.45, 2.75) is 32.1 Å². The quantitative estimate of drug-likeness (QED) is 0.896. The minimum absolute atomic E-state index is 0.0474. The third-order valence-electron chi connectivity index (χ3n) is 4.19. The summed E-state index contributed by atoms with van der Waals surface area (Å²) in [4.78, 5) is 0. The summed E-state index contributed by atoms with van der Waals surface area (Å²) in [6.45, 7) is 1.18. The molecule has 1 aromatic rings. The SMILES string of the molecule is COc1cccc(C#N)c1OCC1(CN)CCCCC1. The number of rotatable bonds is 5. The van der Waals surface area contributed by atoms with E-state index in [4.69, 9.17) is 15.2 Å². The van der Waals surface area contributed by atoms with Crippen molar-refractivity contribution in [2.24, 2.45) is 11.1 Å². The van der Waals surface area contributed by atoms with Gasteiger partial charge in [0.15, 0.2) is 11.5 Å². The molecule has 0 unspecified atom stereocenters. The van der Waals surface area contributed by atoms with Crippen LogP contribution in [0.3, 0.4) is 0 Å². The monoisotopic (exact) mass is 274 g/mol. The summed E-state index contributed by atoms with van der Waals surface area (Å²) in [6.07, 6.45) is 5.89. The van der Waals surface area contributed by atoms with Crippen molar-refractivity contribution >= 4 is 0 Å². The molecule has 0 amide bonds. The van der Waals surface area contributed by atoms with Gasteiger partial charge in [-0.25, -0.2) is 0 Å². The Kier molecular flexibility index (Phi) is 4.86. The van der Waals surface area contributed by atoms with E-state index in [0.717, 1.165) is 12.8 Å². The molecule has 1 fully saturated rings. The highest BCUT2D eigenvalue weighted by atomic mass is 16.5. The average molecular weight is 274 g/mol. The lowest BCUT2D eigenvalue weighted by atomic mass is 9.75. The van der Waals surface area contributed by atoms with Gasteiger partial charge >= 0.3 is 0 Å². The molecule has 0 saturated heterocycles. The van der Waals surface area contributed by atoms with Gasteiger partial charge in [0.1, 0.15) is 6.07 Å². The first-order valence-electron chi connectivity index (χ1n) is 7.15. The highest BCUT2D eigenvalue weighted by molar-refractivity contribution is 5.52. The summed E-state index contributed by atoms with van der Waals surface area (Å²) < 4.78 is 11.2. The molecule has 20 heavy (non-hydrogen) atoms. The third-order valence-corrected chi connectivity index (χ3v) is 4.19. The van der Waals surface area contributed by atoms with Gasteiger partial charge in [-0.15, -0.1) is 0 Å². The molecular formula is C16H22N2O2.